The van der Waals surface area contributed by atoms with E-state index in [1.807, 2.05) is 18.4 Å². The van der Waals surface area contributed by atoms with Gasteiger partial charge in [-0.1, -0.05) is 6.07 Å². The number of hydrogen-bond acceptors (Lipinski definition) is 3. The first-order chi connectivity index (χ1) is 11.1. The average Bonchev–Trinajstić information content (AvgIpc) is 3.19. The predicted octanol–water partition coefficient (Wildman–Crippen LogP) is 3.43. The third kappa shape index (κ3) is 3.84. The van der Waals surface area contributed by atoms with Crippen LogP contribution in [0.25, 0.3) is 5.69 Å². The molecule has 6 heteroatoms. The van der Waals surface area contributed by atoms with E-state index in [-0.39, 0.29) is 17.8 Å². The molecule has 3 rings (SSSR count). The van der Waals surface area contributed by atoms with Gasteiger partial charge in [-0.2, -0.15) is 5.10 Å². The Kier molecular flexibility index (Phi) is 4.52. The molecule has 4 nitrogen and oxygen atoms in total. The first kappa shape index (κ1) is 15.4. The number of carbonyl (C=O) groups is 1. The standard InChI is InChI=1S/C17H16FN3OS/c1-12(9-16-3-2-8-23-16)20-17(22)13-10-19-21(11-13)15-6-4-14(18)5-7-15/h2-8,10-12H,9H2,1H3,(H,20,22)/t12-/m1/s1. The van der Waals surface area contributed by atoms with E-state index in [2.05, 4.69) is 16.5 Å². The molecule has 0 unspecified atom stereocenters. The molecule has 1 amide bonds. The number of hydrogen-bond donors (Lipinski definition) is 1. The van der Waals surface area contributed by atoms with Crippen LogP contribution in [0.5, 0.6) is 0 Å². The fourth-order valence-corrected chi connectivity index (χ4v) is 3.10. The normalized spacial score (nSPS) is 12.1. The number of benzene rings is 1. The molecule has 0 aliphatic carbocycles. The zero-order chi connectivity index (χ0) is 16.2. The highest BCUT2D eigenvalue weighted by Crippen LogP contribution is 2.12. The van der Waals surface area contributed by atoms with Gasteiger partial charge in [0.25, 0.3) is 5.91 Å². The second-order valence-electron chi connectivity index (χ2n) is 5.31. The molecular formula is C17H16FN3OS. The number of nitrogens with one attached hydrogen (secondary N) is 1. The van der Waals surface area contributed by atoms with Crippen LogP contribution in [0.1, 0.15) is 22.2 Å². The maximum absolute atomic E-state index is 12.9. The summed E-state index contributed by atoms with van der Waals surface area (Å²) >= 11 is 1.68. The molecule has 0 fully saturated rings. The molecule has 1 N–H and O–H groups in total. The first-order valence-corrected chi connectivity index (χ1v) is 8.13. The van der Waals surface area contributed by atoms with Gasteiger partial charge in [0.15, 0.2) is 0 Å². The van der Waals surface area contributed by atoms with Crippen molar-refractivity contribution >= 4 is 17.2 Å². The van der Waals surface area contributed by atoms with Crippen LogP contribution < -0.4 is 5.32 Å². The second-order valence-corrected chi connectivity index (χ2v) is 6.34. The minimum absolute atomic E-state index is 0.0373. The fourth-order valence-electron chi connectivity index (χ4n) is 2.26. The van der Waals surface area contributed by atoms with E-state index < -0.39 is 0 Å². The number of amides is 1. The van der Waals surface area contributed by atoms with E-state index >= 15 is 0 Å². The Hall–Kier alpha value is -2.47. The predicted molar refractivity (Wildman–Crippen MR) is 88.5 cm³/mol. The summed E-state index contributed by atoms with van der Waals surface area (Å²) in [6.07, 6.45) is 3.95. The maximum atomic E-state index is 12.9. The van der Waals surface area contributed by atoms with Gasteiger partial charge < -0.3 is 5.32 Å². The average molecular weight is 329 g/mol. The summed E-state index contributed by atoms with van der Waals surface area (Å²) in [5, 5.41) is 9.14. The zero-order valence-corrected chi connectivity index (χ0v) is 13.4. The van der Waals surface area contributed by atoms with Crippen LogP contribution in [0.4, 0.5) is 4.39 Å². The van der Waals surface area contributed by atoms with E-state index in [9.17, 15) is 9.18 Å². The smallest absolute Gasteiger partial charge is 0.254 e. The van der Waals surface area contributed by atoms with E-state index in [0.717, 1.165) is 6.42 Å². The second kappa shape index (κ2) is 6.75. The number of carbonyl (C=O) groups excluding carboxylic acids is 1. The van der Waals surface area contributed by atoms with Crippen LogP contribution in [0, 0.1) is 5.82 Å². The Bertz CT molecular complexity index is 781. The van der Waals surface area contributed by atoms with E-state index in [0.29, 0.717) is 11.3 Å². The van der Waals surface area contributed by atoms with Crippen molar-refractivity contribution < 1.29 is 9.18 Å². The summed E-state index contributed by atoms with van der Waals surface area (Å²) in [4.78, 5) is 13.5. The van der Waals surface area contributed by atoms with Gasteiger partial charge in [-0.15, -0.1) is 11.3 Å². The van der Waals surface area contributed by atoms with Gasteiger partial charge in [0, 0.05) is 23.5 Å². The van der Waals surface area contributed by atoms with Gasteiger partial charge >= 0.3 is 0 Å². The number of rotatable bonds is 5. The lowest BCUT2D eigenvalue weighted by molar-refractivity contribution is 0.0940. The van der Waals surface area contributed by atoms with E-state index in [1.54, 1.807) is 34.3 Å². The van der Waals surface area contributed by atoms with Crippen molar-refractivity contribution in [2.24, 2.45) is 0 Å². The minimum atomic E-state index is -0.304. The summed E-state index contributed by atoms with van der Waals surface area (Å²) in [7, 11) is 0. The third-order valence-electron chi connectivity index (χ3n) is 3.40. The van der Waals surface area contributed by atoms with Crippen LogP contribution in [0.2, 0.25) is 0 Å². The Morgan fingerprint density at radius 2 is 2.13 bits per heavy atom. The minimum Gasteiger partial charge on any atom is -0.349 e. The molecule has 1 aromatic carbocycles. The number of halogens is 1. The molecule has 0 aliphatic heterocycles. The molecular weight excluding hydrogens is 313 g/mol. The molecule has 3 aromatic rings. The van der Waals surface area contributed by atoms with Crippen LogP contribution in [-0.4, -0.2) is 21.7 Å². The molecule has 0 saturated heterocycles. The van der Waals surface area contributed by atoms with Crippen molar-refractivity contribution in [3.05, 3.63) is 70.4 Å². The van der Waals surface area contributed by atoms with Crippen LogP contribution in [0.3, 0.4) is 0 Å². The fraction of sp³-hybridized carbons (Fsp3) is 0.176. The molecule has 2 heterocycles. The summed E-state index contributed by atoms with van der Waals surface area (Å²) < 4.78 is 14.5. The molecule has 2 aromatic heterocycles. The van der Waals surface area contributed by atoms with Gasteiger partial charge in [0.1, 0.15) is 5.82 Å². The highest BCUT2D eigenvalue weighted by Gasteiger charge is 2.13. The summed E-state index contributed by atoms with van der Waals surface area (Å²) in [5.74, 6) is -0.469. The van der Waals surface area contributed by atoms with Crippen LogP contribution >= 0.6 is 11.3 Å². The van der Waals surface area contributed by atoms with Crippen molar-refractivity contribution in [2.75, 3.05) is 0 Å². The molecule has 0 bridgehead atoms. The molecule has 0 radical (unpaired) electrons. The highest BCUT2D eigenvalue weighted by molar-refractivity contribution is 7.09. The summed E-state index contributed by atoms with van der Waals surface area (Å²) in [6.45, 7) is 1.97. The van der Waals surface area contributed by atoms with Gasteiger partial charge in [0.05, 0.1) is 17.4 Å². The zero-order valence-electron chi connectivity index (χ0n) is 12.6. The number of aromatic nitrogens is 2. The molecule has 23 heavy (non-hydrogen) atoms. The SMILES string of the molecule is C[C@H](Cc1cccs1)NC(=O)c1cnn(-c2ccc(F)cc2)c1. The Labute approximate surface area is 137 Å². The van der Waals surface area contributed by atoms with E-state index in [1.165, 1.54) is 23.2 Å². The van der Waals surface area contributed by atoms with Crippen LogP contribution in [-0.2, 0) is 6.42 Å². The lowest BCUT2D eigenvalue weighted by Crippen LogP contribution is -2.33. The first-order valence-electron chi connectivity index (χ1n) is 7.25. The Morgan fingerprint density at radius 3 is 2.83 bits per heavy atom. The van der Waals surface area contributed by atoms with Crippen molar-refractivity contribution in [3.8, 4) is 5.69 Å². The lowest BCUT2D eigenvalue weighted by Gasteiger charge is -2.11. The molecule has 0 spiro atoms. The summed E-state index contributed by atoms with van der Waals surface area (Å²) in [6, 6.07) is 10.0. The monoisotopic (exact) mass is 329 g/mol. The van der Waals surface area contributed by atoms with E-state index in [4.69, 9.17) is 0 Å². The van der Waals surface area contributed by atoms with Crippen molar-refractivity contribution in [3.63, 3.8) is 0 Å². The Balaban J connectivity index is 1.65. The molecule has 0 aliphatic rings. The van der Waals surface area contributed by atoms with Crippen molar-refractivity contribution in [1.82, 2.24) is 15.1 Å². The lowest BCUT2D eigenvalue weighted by atomic mass is 10.2. The number of nitrogens with zero attached hydrogens (tertiary/aromatic N) is 2. The van der Waals surface area contributed by atoms with Crippen molar-refractivity contribution in [1.29, 1.82) is 0 Å². The Morgan fingerprint density at radius 1 is 1.35 bits per heavy atom. The molecule has 0 saturated carbocycles. The quantitative estimate of drug-likeness (QED) is 0.779. The van der Waals surface area contributed by atoms with Gasteiger partial charge in [-0.05, 0) is 42.6 Å². The molecule has 118 valence electrons. The highest BCUT2D eigenvalue weighted by atomic mass is 32.1. The van der Waals surface area contributed by atoms with Crippen LogP contribution in [0.15, 0.2) is 54.2 Å². The molecule has 1 atom stereocenters. The largest absolute Gasteiger partial charge is 0.349 e. The number of thiophene rings is 1. The summed E-state index contributed by atoms with van der Waals surface area (Å²) in [5.41, 5.74) is 1.18. The topological polar surface area (TPSA) is 46.9 Å². The van der Waals surface area contributed by atoms with Gasteiger partial charge in [-0.3, -0.25) is 4.79 Å². The third-order valence-corrected chi connectivity index (χ3v) is 4.30. The maximum Gasteiger partial charge on any atom is 0.254 e. The van der Waals surface area contributed by atoms with Gasteiger partial charge in [0.2, 0.25) is 0 Å². The van der Waals surface area contributed by atoms with Gasteiger partial charge in [-0.25, -0.2) is 9.07 Å². The van der Waals surface area contributed by atoms with Crippen molar-refractivity contribution in [2.45, 2.75) is 19.4 Å².